The Morgan fingerprint density at radius 2 is 0.889 bits per heavy atom. The summed E-state index contributed by atoms with van der Waals surface area (Å²) < 4.78 is 60.3. The predicted octanol–water partition coefficient (Wildman–Crippen LogP) is -0.558. The number of nitrogens with one attached hydrogen (secondary N) is 4. The van der Waals surface area contributed by atoms with E-state index in [4.69, 9.17) is 52.1 Å². The highest BCUT2D eigenvalue weighted by atomic mass is 32.2. The van der Waals surface area contributed by atoms with Gasteiger partial charge in [-0.25, -0.2) is 4.79 Å². The Bertz CT molecular complexity index is 1270. The van der Waals surface area contributed by atoms with Gasteiger partial charge in [0.15, 0.2) is 0 Å². The predicted molar refractivity (Wildman–Crippen MR) is 229 cm³/mol. The summed E-state index contributed by atoms with van der Waals surface area (Å²) in [6, 6.07) is 0.386. The normalized spacial score (nSPS) is 18.0. The average Bonchev–Trinajstić information content (AvgIpc) is 3.94. The maximum Gasteiger partial charge on any atom is 0.315 e. The first-order chi connectivity index (χ1) is 30.9. The van der Waals surface area contributed by atoms with Gasteiger partial charge in [-0.1, -0.05) is 6.42 Å². The Morgan fingerprint density at radius 3 is 1.29 bits per heavy atom. The minimum Gasteiger partial charge on any atom is -0.377 e. The van der Waals surface area contributed by atoms with Gasteiger partial charge in [-0.3, -0.25) is 24.1 Å². The number of amides is 6. The molecule has 22 heteroatoms. The van der Waals surface area contributed by atoms with Gasteiger partial charge in [0.1, 0.15) is 0 Å². The van der Waals surface area contributed by atoms with Crippen LogP contribution in [0.25, 0.3) is 0 Å². The third-order valence-corrected chi connectivity index (χ3v) is 10.9. The van der Waals surface area contributed by atoms with E-state index in [9.17, 15) is 24.0 Å². The molecule has 3 atom stereocenters. The highest BCUT2D eigenvalue weighted by molar-refractivity contribution is 8.00. The number of urea groups is 1. The lowest BCUT2D eigenvalue weighted by molar-refractivity contribution is -0.137. The van der Waals surface area contributed by atoms with Crippen molar-refractivity contribution in [2.75, 3.05) is 171 Å². The molecule has 21 nitrogen and oxygen atoms in total. The molecule has 3 rings (SSSR count). The van der Waals surface area contributed by atoms with Crippen LogP contribution >= 0.6 is 11.8 Å². The van der Waals surface area contributed by atoms with Crippen molar-refractivity contribution in [3.05, 3.63) is 12.2 Å². The van der Waals surface area contributed by atoms with E-state index in [1.807, 2.05) is 11.8 Å². The second-order valence-electron chi connectivity index (χ2n) is 14.2. The topological polar surface area (TPSA) is 238 Å². The molecule has 4 N–H and O–H groups in total. The molecule has 3 aliphatic rings. The lowest BCUT2D eigenvalue weighted by Crippen LogP contribution is -2.36. The molecular weight excluding hydrogens is 851 g/mol. The van der Waals surface area contributed by atoms with Crippen LogP contribution in [-0.2, 0) is 71.3 Å². The third kappa shape index (κ3) is 27.8. The Hall–Kier alpha value is -3.00. The van der Waals surface area contributed by atoms with Crippen molar-refractivity contribution in [1.29, 1.82) is 0 Å². The minimum absolute atomic E-state index is 0.0351. The largest absolute Gasteiger partial charge is 0.377 e. The van der Waals surface area contributed by atoms with Crippen molar-refractivity contribution in [1.82, 2.24) is 26.2 Å². The number of carbonyl (C=O) groups is 5. The van der Waals surface area contributed by atoms with Gasteiger partial charge in [0.05, 0.1) is 157 Å². The van der Waals surface area contributed by atoms with Crippen molar-refractivity contribution >= 4 is 41.4 Å². The van der Waals surface area contributed by atoms with E-state index in [0.717, 1.165) is 29.9 Å². The minimum atomic E-state index is -0.401. The Labute approximate surface area is 375 Å². The summed E-state index contributed by atoms with van der Waals surface area (Å²) in [7, 11) is 0. The van der Waals surface area contributed by atoms with Gasteiger partial charge in [0.2, 0.25) is 11.8 Å². The molecule has 2 saturated heterocycles. The second-order valence-corrected chi connectivity index (χ2v) is 15.5. The molecule has 0 radical (unpaired) electrons. The number of hydrogen-bond acceptors (Lipinski definition) is 17. The molecule has 0 bridgehead atoms. The van der Waals surface area contributed by atoms with Gasteiger partial charge < -0.3 is 73.4 Å². The van der Waals surface area contributed by atoms with Gasteiger partial charge in [-0.2, -0.15) is 11.8 Å². The third-order valence-electron chi connectivity index (χ3n) is 9.40. The van der Waals surface area contributed by atoms with E-state index in [-0.39, 0.29) is 42.9 Å². The average molecular weight is 922 g/mol. The standard InChI is InChI=1S/C41H71N5O16S/c47-36(4-2-1-3-35-40-34(33-63-35)44-41(51)45-40)42-8-11-52-13-15-54-17-19-56-21-23-58-25-27-60-29-31-62-32-30-61-28-26-59-24-22-57-20-18-55-16-14-53-12-9-43-37(48)7-10-46-38(49)5-6-39(46)50/h5-6,34-35,40H,1-4,7-33H2,(H,42,47)(H,43,48)(H2,44,45,51)/t34-,35?,40-/m1/s1. The van der Waals surface area contributed by atoms with Gasteiger partial charge in [0, 0.05) is 55.6 Å². The van der Waals surface area contributed by atoms with Gasteiger partial charge in [-0.15, -0.1) is 0 Å². The number of unbranched alkanes of at least 4 members (excludes halogenated alkanes) is 1. The highest BCUT2D eigenvalue weighted by Gasteiger charge is 2.42. The van der Waals surface area contributed by atoms with E-state index < -0.39 is 11.8 Å². The maximum atomic E-state index is 12.1. The summed E-state index contributed by atoms with van der Waals surface area (Å²) in [6.07, 6.45) is 5.73. The number of nitrogens with zero attached hydrogens (tertiary/aromatic N) is 1. The maximum absolute atomic E-state index is 12.1. The smallest absolute Gasteiger partial charge is 0.315 e. The molecule has 2 fully saturated rings. The molecule has 63 heavy (non-hydrogen) atoms. The lowest BCUT2D eigenvalue weighted by atomic mass is 10.0. The monoisotopic (exact) mass is 921 g/mol. The first kappa shape index (κ1) is 54.3. The van der Waals surface area contributed by atoms with Crippen molar-refractivity contribution in [3.8, 4) is 0 Å². The van der Waals surface area contributed by atoms with E-state index >= 15 is 0 Å². The molecule has 3 heterocycles. The van der Waals surface area contributed by atoms with Crippen LogP contribution in [0.1, 0.15) is 32.1 Å². The zero-order chi connectivity index (χ0) is 44.8. The quantitative estimate of drug-likeness (QED) is 0.0341. The SMILES string of the molecule is O=C(CCCCC1SC[C@H]2NC(=O)N[C@@H]12)NCCOCCOCCOCCOCCOCCOCCOCCOCCOCCOCCOCCNC(=O)CCN1C(=O)C=CC1=O. The number of ether oxygens (including phenoxy) is 11. The molecule has 0 aromatic carbocycles. The van der Waals surface area contributed by atoms with Crippen LogP contribution in [0.4, 0.5) is 4.79 Å². The number of rotatable bonds is 44. The fourth-order valence-corrected chi connectivity index (χ4v) is 7.69. The zero-order valence-electron chi connectivity index (χ0n) is 36.7. The van der Waals surface area contributed by atoms with Crippen molar-refractivity contribution in [3.63, 3.8) is 0 Å². The molecule has 1 unspecified atom stereocenters. The number of fused-ring (bicyclic) bond motifs is 1. The van der Waals surface area contributed by atoms with Crippen LogP contribution in [0.2, 0.25) is 0 Å². The van der Waals surface area contributed by atoms with Gasteiger partial charge in [0.25, 0.3) is 11.8 Å². The van der Waals surface area contributed by atoms with E-state index in [2.05, 4.69) is 21.3 Å². The van der Waals surface area contributed by atoms with Crippen molar-refractivity contribution in [2.24, 2.45) is 0 Å². The first-order valence-electron chi connectivity index (χ1n) is 22.0. The van der Waals surface area contributed by atoms with E-state index in [1.54, 1.807) is 0 Å². The Balaban J connectivity index is 0.885. The van der Waals surface area contributed by atoms with E-state index in [0.29, 0.717) is 170 Å². The summed E-state index contributed by atoms with van der Waals surface area (Å²) in [6.45, 7) is 10.7. The Kier molecular flexibility index (Phi) is 32.1. The summed E-state index contributed by atoms with van der Waals surface area (Å²) in [5.41, 5.74) is 0. The van der Waals surface area contributed by atoms with Crippen LogP contribution < -0.4 is 21.3 Å². The number of carbonyl (C=O) groups excluding carboxylic acids is 5. The molecule has 0 aromatic rings. The summed E-state index contributed by atoms with van der Waals surface area (Å²) in [5.74, 6) is -0.0718. The molecule has 0 aromatic heterocycles. The van der Waals surface area contributed by atoms with Crippen LogP contribution in [0.3, 0.4) is 0 Å². The number of thioether (sulfide) groups is 1. The molecule has 0 aliphatic carbocycles. The fourth-order valence-electron chi connectivity index (χ4n) is 6.14. The lowest BCUT2D eigenvalue weighted by Gasteiger charge is -2.16. The number of imide groups is 1. The van der Waals surface area contributed by atoms with Crippen LogP contribution in [-0.4, -0.2) is 223 Å². The van der Waals surface area contributed by atoms with E-state index in [1.165, 1.54) is 12.2 Å². The second kappa shape index (κ2) is 37.2. The fraction of sp³-hybridized carbons (Fsp3) is 0.829. The first-order valence-corrected chi connectivity index (χ1v) is 23.1. The molecule has 3 aliphatic heterocycles. The van der Waals surface area contributed by atoms with Crippen LogP contribution in [0.15, 0.2) is 12.2 Å². The van der Waals surface area contributed by atoms with Crippen molar-refractivity contribution < 1.29 is 76.1 Å². The molecule has 0 spiro atoms. The highest BCUT2D eigenvalue weighted by Crippen LogP contribution is 2.33. The summed E-state index contributed by atoms with van der Waals surface area (Å²) in [5, 5.41) is 11.9. The van der Waals surface area contributed by atoms with Gasteiger partial charge in [-0.05, 0) is 12.8 Å². The Morgan fingerprint density at radius 1 is 0.524 bits per heavy atom. The van der Waals surface area contributed by atoms with Crippen LogP contribution in [0.5, 0.6) is 0 Å². The number of hydrogen-bond donors (Lipinski definition) is 4. The molecular formula is C41H71N5O16S. The van der Waals surface area contributed by atoms with Crippen molar-refractivity contribution in [2.45, 2.75) is 49.4 Å². The zero-order valence-corrected chi connectivity index (χ0v) is 37.5. The molecule has 6 amide bonds. The van der Waals surface area contributed by atoms with Crippen LogP contribution in [0, 0.1) is 0 Å². The molecule has 362 valence electrons. The molecule has 0 saturated carbocycles. The van der Waals surface area contributed by atoms with Gasteiger partial charge >= 0.3 is 6.03 Å². The summed E-state index contributed by atoms with van der Waals surface area (Å²) >= 11 is 1.90. The summed E-state index contributed by atoms with van der Waals surface area (Å²) in [4.78, 5) is 59.3.